The SMILES string of the molecule is CCCCCCCC(=O)OC[C@H](COP(=O)(O)OS)OC(=O)CCCCCCC. The highest BCUT2D eigenvalue weighted by Gasteiger charge is 2.25. The summed E-state index contributed by atoms with van der Waals surface area (Å²) in [6.45, 7) is 3.54. The molecule has 0 saturated heterocycles. The number of phosphoric acid groups is 1. The van der Waals surface area contributed by atoms with Crippen LogP contribution in [0.5, 0.6) is 0 Å². The lowest BCUT2D eigenvalue weighted by Gasteiger charge is -2.19. The number of hydrogen-bond donors (Lipinski definition) is 2. The Morgan fingerprint density at radius 2 is 1.38 bits per heavy atom. The molecule has 0 aliphatic heterocycles. The van der Waals surface area contributed by atoms with Crippen molar-refractivity contribution in [1.82, 2.24) is 0 Å². The number of carbonyl (C=O) groups excluding carboxylic acids is 2. The Labute approximate surface area is 180 Å². The van der Waals surface area contributed by atoms with Gasteiger partial charge in [0.05, 0.1) is 6.61 Å². The van der Waals surface area contributed by atoms with E-state index in [0.717, 1.165) is 57.8 Å². The van der Waals surface area contributed by atoms with Crippen LogP contribution < -0.4 is 0 Å². The van der Waals surface area contributed by atoms with Crippen LogP contribution in [0.3, 0.4) is 0 Å². The molecule has 0 rings (SSSR count). The molecule has 0 aromatic heterocycles. The number of esters is 2. The molecule has 2 atom stereocenters. The molecule has 0 heterocycles. The second-order valence-corrected chi connectivity index (χ2v) is 8.82. The van der Waals surface area contributed by atoms with Gasteiger partial charge in [-0.15, -0.1) is 0 Å². The van der Waals surface area contributed by atoms with Crippen LogP contribution in [0.1, 0.15) is 90.9 Å². The minimum absolute atomic E-state index is 0.228. The van der Waals surface area contributed by atoms with Crippen LogP contribution >= 0.6 is 20.7 Å². The van der Waals surface area contributed by atoms with Crippen LogP contribution in [0.25, 0.3) is 0 Å². The third-order valence-corrected chi connectivity index (χ3v) is 5.52. The van der Waals surface area contributed by atoms with E-state index in [0.29, 0.717) is 6.42 Å². The molecule has 0 fully saturated rings. The third-order valence-electron chi connectivity index (χ3n) is 4.22. The van der Waals surface area contributed by atoms with Gasteiger partial charge in [-0.2, -0.15) is 0 Å². The van der Waals surface area contributed by atoms with E-state index in [4.69, 9.17) is 14.0 Å². The molecule has 29 heavy (non-hydrogen) atoms. The van der Waals surface area contributed by atoms with E-state index in [-0.39, 0.29) is 19.4 Å². The van der Waals surface area contributed by atoms with Crippen molar-refractivity contribution in [2.45, 2.75) is 97.0 Å². The first-order valence-electron chi connectivity index (χ1n) is 10.5. The van der Waals surface area contributed by atoms with Gasteiger partial charge in [0.25, 0.3) is 0 Å². The zero-order valence-corrected chi connectivity index (χ0v) is 19.5. The highest BCUT2D eigenvalue weighted by atomic mass is 32.1. The zero-order valence-electron chi connectivity index (χ0n) is 17.7. The van der Waals surface area contributed by atoms with E-state index < -0.39 is 32.5 Å². The van der Waals surface area contributed by atoms with Crippen molar-refractivity contribution < 1.29 is 37.0 Å². The number of hydrogen-bond acceptors (Lipinski definition) is 8. The number of thiol groups is 1. The smallest absolute Gasteiger partial charge is 0.462 e. The topological polar surface area (TPSA) is 108 Å². The summed E-state index contributed by atoms with van der Waals surface area (Å²) in [7, 11) is -4.35. The molecule has 172 valence electrons. The summed E-state index contributed by atoms with van der Waals surface area (Å²) >= 11 is 3.26. The summed E-state index contributed by atoms with van der Waals surface area (Å²) < 4.78 is 30.5. The molecular weight excluding hydrogens is 419 g/mol. The average Bonchev–Trinajstić information content (AvgIpc) is 2.69. The van der Waals surface area contributed by atoms with Gasteiger partial charge < -0.3 is 14.4 Å². The number of phosphoric ester groups is 1. The van der Waals surface area contributed by atoms with Gasteiger partial charge in [-0.3, -0.25) is 14.1 Å². The lowest BCUT2D eigenvalue weighted by molar-refractivity contribution is -0.161. The number of rotatable bonds is 19. The van der Waals surface area contributed by atoms with E-state index in [1.54, 1.807) is 0 Å². The fourth-order valence-electron chi connectivity index (χ4n) is 2.57. The van der Waals surface area contributed by atoms with Gasteiger partial charge in [0.15, 0.2) is 6.10 Å². The molecule has 10 heteroatoms. The van der Waals surface area contributed by atoms with Gasteiger partial charge in [0, 0.05) is 12.8 Å². The van der Waals surface area contributed by atoms with Crippen LogP contribution in [-0.4, -0.2) is 36.1 Å². The van der Waals surface area contributed by atoms with Crippen molar-refractivity contribution in [1.29, 1.82) is 0 Å². The maximum Gasteiger partial charge on any atom is 0.483 e. The van der Waals surface area contributed by atoms with E-state index in [1.807, 2.05) is 0 Å². The monoisotopic (exact) mass is 456 g/mol. The molecule has 1 N–H and O–H groups in total. The molecular formula is C19H37O8PS. The molecule has 0 aliphatic rings. The molecule has 1 unspecified atom stereocenters. The summed E-state index contributed by atoms with van der Waals surface area (Å²) in [5, 5.41) is 0. The molecule has 0 spiro atoms. The highest BCUT2D eigenvalue weighted by Crippen LogP contribution is 2.44. The first-order chi connectivity index (χ1) is 13.8. The fraction of sp³-hybridized carbons (Fsp3) is 0.895. The Hall–Kier alpha value is -0.600. The minimum Gasteiger partial charge on any atom is -0.462 e. The maximum absolute atomic E-state index is 12.0. The van der Waals surface area contributed by atoms with Crippen molar-refractivity contribution in [3.8, 4) is 0 Å². The second kappa shape index (κ2) is 18.2. The molecule has 8 nitrogen and oxygen atoms in total. The summed E-state index contributed by atoms with van der Waals surface area (Å²) in [5.41, 5.74) is 0. The van der Waals surface area contributed by atoms with Gasteiger partial charge in [0.2, 0.25) is 0 Å². The van der Waals surface area contributed by atoms with E-state index in [9.17, 15) is 19.0 Å². The molecule has 0 saturated carbocycles. The molecule has 0 amide bonds. The highest BCUT2D eigenvalue weighted by molar-refractivity contribution is 7.80. The van der Waals surface area contributed by atoms with E-state index >= 15 is 0 Å². The predicted octanol–water partition coefficient (Wildman–Crippen LogP) is 5.14. The molecule has 0 radical (unpaired) electrons. The van der Waals surface area contributed by atoms with E-state index in [2.05, 4.69) is 30.7 Å². The first-order valence-corrected chi connectivity index (χ1v) is 12.4. The van der Waals surface area contributed by atoms with Crippen molar-refractivity contribution in [2.75, 3.05) is 13.2 Å². The quantitative estimate of drug-likeness (QED) is 0.0904. The van der Waals surface area contributed by atoms with Gasteiger partial charge in [-0.05, 0) is 25.8 Å². The van der Waals surface area contributed by atoms with Gasteiger partial charge in [0.1, 0.15) is 6.61 Å². The van der Waals surface area contributed by atoms with Crippen molar-refractivity contribution >= 4 is 32.7 Å². The maximum atomic E-state index is 12.0. The first kappa shape index (κ1) is 28.4. The van der Waals surface area contributed by atoms with Crippen LogP contribution in [0, 0.1) is 0 Å². The molecule has 0 aliphatic carbocycles. The average molecular weight is 457 g/mol. The Bertz CT molecular complexity index is 489. The van der Waals surface area contributed by atoms with Crippen molar-refractivity contribution in [3.05, 3.63) is 0 Å². The lowest BCUT2D eigenvalue weighted by atomic mass is 10.1. The van der Waals surface area contributed by atoms with Gasteiger partial charge >= 0.3 is 19.8 Å². The largest absolute Gasteiger partial charge is 0.483 e. The van der Waals surface area contributed by atoms with Crippen molar-refractivity contribution in [3.63, 3.8) is 0 Å². The predicted molar refractivity (Wildman–Crippen MR) is 113 cm³/mol. The normalized spacial score (nSPS) is 14.2. The van der Waals surface area contributed by atoms with Crippen LogP contribution in [0.15, 0.2) is 0 Å². The van der Waals surface area contributed by atoms with Crippen LogP contribution in [-0.2, 0) is 32.1 Å². The zero-order chi connectivity index (χ0) is 22.0. The Kier molecular flexibility index (Phi) is 17.8. The molecule has 0 aromatic rings. The summed E-state index contributed by atoms with van der Waals surface area (Å²) in [5.74, 6) is -0.870. The number of unbranched alkanes of at least 4 members (excludes halogenated alkanes) is 8. The Morgan fingerprint density at radius 1 is 0.862 bits per heavy atom. The van der Waals surface area contributed by atoms with Crippen LogP contribution in [0.2, 0.25) is 0 Å². The standard InChI is InChI=1S/C19H37O8PS/c1-3-5-7-9-11-13-18(20)24-15-17(16-25-28(22,23)27-29)26-19(21)14-12-10-8-6-4-2/h17,29H,3-16H2,1-2H3,(H,22,23)/t17-/m1/s1. The van der Waals surface area contributed by atoms with Crippen molar-refractivity contribution in [2.24, 2.45) is 0 Å². The third kappa shape index (κ3) is 17.9. The summed E-state index contributed by atoms with van der Waals surface area (Å²) in [4.78, 5) is 33.1. The summed E-state index contributed by atoms with van der Waals surface area (Å²) in [6.07, 6.45) is 9.45. The molecule has 0 aromatic carbocycles. The Morgan fingerprint density at radius 3 is 1.90 bits per heavy atom. The lowest BCUT2D eigenvalue weighted by Crippen LogP contribution is -2.29. The molecule has 0 bridgehead atoms. The van der Waals surface area contributed by atoms with Gasteiger partial charge in [-0.25, -0.2) is 8.54 Å². The second-order valence-electron chi connectivity index (χ2n) is 6.97. The fourth-order valence-corrected chi connectivity index (χ4v) is 3.11. The van der Waals surface area contributed by atoms with E-state index in [1.165, 1.54) is 0 Å². The Balaban J connectivity index is 4.36. The minimum atomic E-state index is -4.35. The summed E-state index contributed by atoms with van der Waals surface area (Å²) in [6, 6.07) is 0. The van der Waals surface area contributed by atoms with Gasteiger partial charge in [-0.1, -0.05) is 65.2 Å². The number of ether oxygens (including phenoxy) is 2. The number of carbonyl (C=O) groups is 2. The van der Waals surface area contributed by atoms with Crippen LogP contribution in [0.4, 0.5) is 0 Å².